The van der Waals surface area contributed by atoms with E-state index in [2.05, 4.69) is 10.6 Å². The number of carbonyl (C=O) groups excluding carboxylic acids is 3. The molecular weight excluding hydrogens is 382 g/mol. The van der Waals surface area contributed by atoms with Gasteiger partial charge in [0.05, 0.1) is 12.5 Å². The van der Waals surface area contributed by atoms with E-state index >= 15 is 0 Å². The lowest BCUT2D eigenvalue weighted by atomic mass is 10.0. The van der Waals surface area contributed by atoms with Crippen LogP contribution in [0.2, 0.25) is 0 Å². The fourth-order valence-electron chi connectivity index (χ4n) is 2.65. The lowest BCUT2D eigenvalue weighted by Crippen LogP contribution is -2.45. The summed E-state index contributed by atoms with van der Waals surface area (Å²) in [4.78, 5) is 36.9. The molecule has 0 unspecified atom stereocenters. The fourth-order valence-corrected chi connectivity index (χ4v) is 2.65. The maximum atomic E-state index is 12.4. The van der Waals surface area contributed by atoms with Crippen molar-refractivity contribution in [2.45, 2.75) is 33.2 Å². The van der Waals surface area contributed by atoms with Crippen LogP contribution < -0.4 is 10.6 Å². The molecule has 0 aliphatic carbocycles. The number of rotatable bonds is 8. The highest BCUT2D eigenvalue weighted by Gasteiger charge is 2.26. The Bertz CT molecular complexity index is 928. The van der Waals surface area contributed by atoms with Gasteiger partial charge in [0.15, 0.2) is 6.61 Å². The third-order valence-corrected chi connectivity index (χ3v) is 4.39. The minimum absolute atomic E-state index is 0.220. The highest BCUT2D eigenvalue weighted by Crippen LogP contribution is 2.11. The number of benzene rings is 2. The number of nitrogens with zero attached hydrogens (tertiary/aromatic N) is 1. The molecule has 0 bridgehead atoms. The molecule has 30 heavy (non-hydrogen) atoms. The summed E-state index contributed by atoms with van der Waals surface area (Å²) in [5, 5.41) is 14.0. The normalized spacial score (nSPS) is 11.3. The van der Waals surface area contributed by atoms with Gasteiger partial charge in [-0.3, -0.25) is 9.59 Å². The van der Waals surface area contributed by atoms with Crippen LogP contribution in [0.4, 0.5) is 5.69 Å². The topological polar surface area (TPSA) is 108 Å². The molecule has 2 N–H and O–H groups in total. The number of hydrogen-bond acceptors (Lipinski definition) is 5. The summed E-state index contributed by atoms with van der Waals surface area (Å²) in [6.07, 6.45) is 0.288. The highest BCUT2D eigenvalue weighted by atomic mass is 16.5. The van der Waals surface area contributed by atoms with E-state index in [0.29, 0.717) is 11.3 Å². The second-order valence-electron chi connectivity index (χ2n) is 7.25. The van der Waals surface area contributed by atoms with E-state index in [-0.39, 0.29) is 18.2 Å². The molecule has 0 saturated carbocycles. The Morgan fingerprint density at radius 2 is 1.67 bits per heavy atom. The van der Waals surface area contributed by atoms with E-state index in [1.165, 1.54) is 0 Å². The predicted octanol–water partition coefficient (Wildman–Crippen LogP) is 3.00. The fraction of sp³-hybridized carbons (Fsp3) is 0.304. The number of carbonyl (C=O) groups is 3. The predicted molar refractivity (Wildman–Crippen MR) is 113 cm³/mol. The van der Waals surface area contributed by atoms with Gasteiger partial charge in [0.2, 0.25) is 0 Å². The van der Waals surface area contributed by atoms with Crippen molar-refractivity contribution in [3.05, 3.63) is 65.2 Å². The monoisotopic (exact) mass is 407 g/mol. The Morgan fingerprint density at radius 1 is 1.03 bits per heavy atom. The first-order valence-corrected chi connectivity index (χ1v) is 9.60. The first-order chi connectivity index (χ1) is 14.3. The van der Waals surface area contributed by atoms with Gasteiger partial charge in [0, 0.05) is 11.3 Å². The van der Waals surface area contributed by atoms with Gasteiger partial charge in [-0.2, -0.15) is 5.26 Å². The molecule has 0 aliphatic rings. The maximum Gasteiger partial charge on any atom is 0.329 e. The van der Waals surface area contributed by atoms with Crippen LogP contribution in [-0.2, 0) is 20.7 Å². The third kappa shape index (κ3) is 6.74. The molecule has 0 fully saturated rings. The number of amides is 2. The average Bonchev–Trinajstić information content (AvgIpc) is 2.72. The van der Waals surface area contributed by atoms with Crippen molar-refractivity contribution in [1.29, 1.82) is 5.26 Å². The quantitative estimate of drug-likeness (QED) is 0.654. The van der Waals surface area contributed by atoms with Gasteiger partial charge in [-0.15, -0.1) is 0 Å². The van der Waals surface area contributed by atoms with Gasteiger partial charge in [0.1, 0.15) is 6.04 Å². The first-order valence-electron chi connectivity index (χ1n) is 9.60. The lowest BCUT2D eigenvalue weighted by molar-refractivity contribution is -0.150. The third-order valence-electron chi connectivity index (χ3n) is 4.39. The van der Waals surface area contributed by atoms with Crippen molar-refractivity contribution < 1.29 is 19.1 Å². The van der Waals surface area contributed by atoms with Crippen molar-refractivity contribution in [3.8, 4) is 6.07 Å². The molecule has 0 radical (unpaired) electrons. The molecular formula is C23H25N3O4. The van der Waals surface area contributed by atoms with Crippen LogP contribution in [0, 0.1) is 24.2 Å². The van der Waals surface area contributed by atoms with Crippen LogP contribution in [-0.4, -0.2) is 30.4 Å². The Hall–Kier alpha value is -3.66. The molecule has 2 aromatic carbocycles. The highest BCUT2D eigenvalue weighted by molar-refractivity contribution is 5.97. The number of anilines is 1. The first kappa shape index (κ1) is 22.6. The van der Waals surface area contributed by atoms with E-state index in [0.717, 1.165) is 11.1 Å². The number of nitriles is 1. The summed E-state index contributed by atoms with van der Waals surface area (Å²) in [7, 11) is 0. The minimum Gasteiger partial charge on any atom is -0.454 e. The van der Waals surface area contributed by atoms with Crippen LogP contribution in [0.25, 0.3) is 0 Å². The molecule has 0 aliphatic heterocycles. The smallest absolute Gasteiger partial charge is 0.329 e. The van der Waals surface area contributed by atoms with Crippen molar-refractivity contribution in [2.24, 2.45) is 5.92 Å². The summed E-state index contributed by atoms with van der Waals surface area (Å²) in [5.74, 6) is -1.77. The van der Waals surface area contributed by atoms with Crippen LogP contribution in [0.5, 0.6) is 0 Å². The van der Waals surface area contributed by atoms with Crippen LogP contribution in [0.15, 0.2) is 48.5 Å². The number of ether oxygens (including phenoxy) is 1. The molecule has 156 valence electrons. The minimum atomic E-state index is -0.878. The van der Waals surface area contributed by atoms with Gasteiger partial charge in [0.25, 0.3) is 11.8 Å². The largest absolute Gasteiger partial charge is 0.454 e. The van der Waals surface area contributed by atoms with E-state index in [1.54, 1.807) is 50.2 Å². The molecule has 0 heterocycles. The van der Waals surface area contributed by atoms with Crippen molar-refractivity contribution >= 4 is 23.5 Å². The van der Waals surface area contributed by atoms with Gasteiger partial charge >= 0.3 is 5.97 Å². The second kappa shape index (κ2) is 10.8. The molecule has 0 spiro atoms. The molecule has 2 aromatic rings. The Morgan fingerprint density at radius 3 is 2.23 bits per heavy atom. The van der Waals surface area contributed by atoms with E-state index in [4.69, 9.17) is 10.00 Å². The van der Waals surface area contributed by atoms with Crippen molar-refractivity contribution in [2.75, 3.05) is 11.9 Å². The van der Waals surface area contributed by atoms with Crippen molar-refractivity contribution in [3.63, 3.8) is 0 Å². The number of aryl methyl sites for hydroxylation is 1. The maximum absolute atomic E-state index is 12.4. The summed E-state index contributed by atoms with van der Waals surface area (Å²) in [6.45, 7) is 5.01. The standard InChI is InChI=1S/C23H25N3O4/c1-15(2)21(26-22(28)18-8-4-16(3)5-9-18)23(29)30-14-20(27)25-19-10-6-17(7-11-19)12-13-24/h4-11,15,21H,12,14H2,1-3H3,(H,25,27)(H,26,28)/t21-/m0/s1. The molecule has 7 nitrogen and oxygen atoms in total. The van der Waals surface area contributed by atoms with Gasteiger partial charge < -0.3 is 15.4 Å². The van der Waals surface area contributed by atoms with E-state index < -0.39 is 24.5 Å². The number of hydrogen-bond donors (Lipinski definition) is 2. The zero-order chi connectivity index (χ0) is 22.1. The summed E-state index contributed by atoms with van der Waals surface area (Å²) in [5.41, 5.74) is 2.84. The second-order valence-corrected chi connectivity index (χ2v) is 7.25. The zero-order valence-electron chi connectivity index (χ0n) is 17.3. The SMILES string of the molecule is Cc1ccc(C(=O)N[C@H](C(=O)OCC(=O)Nc2ccc(CC#N)cc2)C(C)C)cc1. The van der Waals surface area contributed by atoms with Crippen LogP contribution in [0.3, 0.4) is 0 Å². The molecule has 7 heteroatoms. The Labute approximate surface area is 176 Å². The van der Waals surface area contributed by atoms with Gasteiger partial charge in [-0.1, -0.05) is 43.7 Å². The summed E-state index contributed by atoms with van der Waals surface area (Å²) in [6, 6.07) is 15.0. The van der Waals surface area contributed by atoms with Crippen LogP contribution >= 0.6 is 0 Å². The number of esters is 1. The molecule has 2 amide bonds. The molecule has 2 rings (SSSR count). The van der Waals surface area contributed by atoms with Crippen molar-refractivity contribution in [1.82, 2.24) is 5.32 Å². The molecule has 1 atom stereocenters. The average molecular weight is 407 g/mol. The summed E-state index contributed by atoms with van der Waals surface area (Å²) < 4.78 is 5.11. The molecule has 0 aromatic heterocycles. The zero-order valence-corrected chi connectivity index (χ0v) is 17.3. The molecule has 0 saturated heterocycles. The number of nitrogens with one attached hydrogen (secondary N) is 2. The van der Waals surface area contributed by atoms with E-state index in [9.17, 15) is 14.4 Å². The van der Waals surface area contributed by atoms with E-state index in [1.807, 2.05) is 25.1 Å². The van der Waals surface area contributed by atoms with Gasteiger partial charge in [-0.05, 0) is 42.7 Å². The summed E-state index contributed by atoms with van der Waals surface area (Å²) >= 11 is 0. The van der Waals surface area contributed by atoms with Crippen LogP contribution in [0.1, 0.15) is 35.3 Å². The Balaban J connectivity index is 1.89. The Kier molecular flexibility index (Phi) is 8.12. The van der Waals surface area contributed by atoms with Gasteiger partial charge in [-0.25, -0.2) is 4.79 Å². The lowest BCUT2D eigenvalue weighted by Gasteiger charge is -2.21.